The van der Waals surface area contributed by atoms with E-state index in [0.29, 0.717) is 6.61 Å². The molecule has 0 bridgehead atoms. The van der Waals surface area contributed by atoms with Gasteiger partial charge in [-0.2, -0.15) is 0 Å². The minimum absolute atomic E-state index is 0.0338. The van der Waals surface area contributed by atoms with E-state index in [1.807, 2.05) is 25.1 Å². The fourth-order valence-corrected chi connectivity index (χ4v) is 1.38. The third-order valence-electron chi connectivity index (χ3n) is 2.14. The van der Waals surface area contributed by atoms with Gasteiger partial charge in [0.15, 0.2) is 0 Å². The van der Waals surface area contributed by atoms with Crippen molar-refractivity contribution in [3.05, 3.63) is 29.3 Å². The Labute approximate surface area is 94.4 Å². The van der Waals surface area contributed by atoms with Crippen LogP contribution in [0.2, 0.25) is 0 Å². The van der Waals surface area contributed by atoms with Crippen LogP contribution in [0.4, 0.5) is 5.69 Å². The Balaban J connectivity index is 2.88. The van der Waals surface area contributed by atoms with Gasteiger partial charge >= 0.3 is 0 Å². The Morgan fingerprint density at radius 2 is 2.27 bits per heavy atom. The molecule has 15 heavy (non-hydrogen) atoms. The summed E-state index contributed by atoms with van der Waals surface area (Å²) in [5.41, 5.74) is 2.86. The highest BCUT2D eigenvalue weighted by atomic mass is 35.5. The molecule has 0 atom stereocenters. The summed E-state index contributed by atoms with van der Waals surface area (Å²) in [7, 11) is 1.64. The monoisotopic (exact) mass is 227 g/mol. The minimum Gasteiger partial charge on any atom is -0.380 e. The van der Waals surface area contributed by atoms with Crippen LogP contribution in [0, 0.1) is 6.92 Å². The molecule has 0 heterocycles. The number of rotatable bonds is 4. The van der Waals surface area contributed by atoms with Crippen molar-refractivity contribution in [3.63, 3.8) is 0 Å². The van der Waals surface area contributed by atoms with Crippen LogP contribution in [0.1, 0.15) is 11.1 Å². The van der Waals surface area contributed by atoms with Crippen molar-refractivity contribution in [3.8, 4) is 0 Å². The average molecular weight is 228 g/mol. The quantitative estimate of drug-likeness (QED) is 0.802. The smallest absolute Gasteiger partial charge is 0.239 e. The van der Waals surface area contributed by atoms with Crippen molar-refractivity contribution in [2.24, 2.45) is 0 Å². The normalized spacial score (nSPS) is 10.1. The van der Waals surface area contributed by atoms with Crippen molar-refractivity contribution in [2.45, 2.75) is 13.5 Å². The van der Waals surface area contributed by atoms with Gasteiger partial charge in [0.25, 0.3) is 0 Å². The topological polar surface area (TPSA) is 38.3 Å². The largest absolute Gasteiger partial charge is 0.380 e. The molecule has 1 N–H and O–H groups in total. The lowest BCUT2D eigenvalue weighted by Gasteiger charge is -2.11. The van der Waals surface area contributed by atoms with E-state index in [2.05, 4.69) is 5.32 Å². The lowest BCUT2D eigenvalue weighted by molar-refractivity contribution is -0.113. The van der Waals surface area contributed by atoms with Crippen molar-refractivity contribution in [1.29, 1.82) is 0 Å². The number of benzene rings is 1. The number of methoxy groups -OCH3 is 1. The Kier molecular flexibility index (Phi) is 4.59. The van der Waals surface area contributed by atoms with Crippen molar-refractivity contribution in [2.75, 3.05) is 18.3 Å². The number of carbonyl (C=O) groups is 1. The van der Waals surface area contributed by atoms with Gasteiger partial charge in [-0.3, -0.25) is 4.79 Å². The third kappa shape index (κ3) is 3.22. The molecule has 0 fully saturated rings. The first-order chi connectivity index (χ1) is 7.19. The van der Waals surface area contributed by atoms with E-state index in [1.54, 1.807) is 7.11 Å². The van der Waals surface area contributed by atoms with Crippen molar-refractivity contribution < 1.29 is 9.53 Å². The van der Waals surface area contributed by atoms with Crippen LogP contribution in [-0.2, 0) is 16.1 Å². The first kappa shape index (κ1) is 12.0. The van der Waals surface area contributed by atoms with Crippen LogP contribution in [0.15, 0.2) is 18.2 Å². The second-order valence-corrected chi connectivity index (χ2v) is 3.47. The zero-order chi connectivity index (χ0) is 11.3. The molecule has 0 unspecified atom stereocenters. The van der Waals surface area contributed by atoms with Gasteiger partial charge in [0, 0.05) is 12.8 Å². The molecule has 1 rings (SSSR count). The summed E-state index contributed by atoms with van der Waals surface area (Å²) in [6, 6.07) is 5.69. The number of anilines is 1. The van der Waals surface area contributed by atoms with E-state index in [0.717, 1.165) is 16.8 Å². The van der Waals surface area contributed by atoms with Gasteiger partial charge in [0.1, 0.15) is 5.88 Å². The molecule has 1 aromatic carbocycles. The number of halogens is 1. The van der Waals surface area contributed by atoms with Gasteiger partial charge < -0.3 is 10.1 Å². The molecule has 3 nitrogen and oxygen atoms in total. The van der Waals surface area contributed by atoms with Gasteiger partial charge in [-0.1, -0.05) is 12.1 Å². The van der Waals surface area contributed by atoms with Crippen LogP contribution in [0.5, 0.6) is 0 Å². The van der Waals surface area contributed by atoms with Gasteiger partial charge in [-0.05, 0) is 24.1 Å². The minimum atomic E-state index is -0.200. The van der Waals surface area contributed by atoms with E-state index in [-0.39, 0.29) is 11.8 Å². The fourth-order valence-electron chi connectivity index (χ4n) is 1.31. The van der Waals surface area contributed by atoms with E-state index < -0.39 is 0 Å². The standard InChI is InChI=1S/C11H14ClNO2/c1-8-9(7-15-2)4-3-5-10(8)13-11(14)6-12/h3-5H,6-7H2,1-2H3,(H,13,14). The molecular formula is C11H14ClNO2. The number of alkyl halides is 1. The van der Waals surface area contributed by atoms with Crippen LogP contribution < -0.4 is 5.32 Å². The maximum absolute atomic E-state index is 11.1. The molecular weight excluding hydrogens is 214 g/mol. The first-order valence-corrected chi connectivity index (χ1v) is 5.15. The van der Waals surface area contributed by atoms with Gasteiger partial charge in [0.2, 0.25) is 5.91 Å². The summed E-state index contributed by atoms with van der Waals surface area (Å²) in [6.07, 6.45) is 0. The predicted molar refractivity (Wildman–Crippen MR) is 61.2 cm³/mol. The molecule has 82 valence electrons. The SMILES string of the molecule is COCc1cccc(NC(=O)CCl)c1C. The maximum Gasteiger partial charge on any atom is 0.239 e. The summed E-state index contributed by atoms with van der Waals surface area (Å²) in [6.45, 7) is 2.48. The molecule has 0 aliphatic rings. The zero-order valence-electron chi connectivity index (χ0n) is 8.84. The Morgan fingerprint density at radius 3 is 2.87 bits per heavy atom. The summed E-state index contributed by atoms with van der Waals surface area (Å²) >= 11 is 5.42. The Hall–Kier alpha value is -1.06. The molecule has 4 heteroatoms. The number of amides is 1. The number of ether oxygens (including phenoxy) is 1. The lowest BCUT2D eigenvalue weighted by Crippen LogP contribution is -2.14. The summed E-state index contributed by atoms with van der Waals surface area (Å²) < 4.78 is 5.06. The summed E-state index contributed by atoms with van der Waals surface area (Å²) in [5, 5.41) is 2.73. The number of carbonyl (C=O) groups excluding carboxylic acids is 1. The summed E-state index contributed by atoms with van der Waals surface area (Å²) in [4.78, 5) is 11.1. The van der Waals surface area contributed by atoms with Crippen LogP contribution in [0.3, 0.4) is 0 Å². The van der Waals surface area contributed by atoms with Gasteiger partial charge in [0.05, 0.1) is 6.61 Å². The van der Waals surface area contributed by atoms with Crippen LogP contribution >= 0.6 is 11.6 Å². The molecule has 0 saturated carbocycles. The van der Waals surface area contributed by atoms with Gasteiger partial charge in [-0.25, -0.2) is 0 Å². The summed E-state index contributed by atoms with van der Waals surface area (Å²) in [5.74, 6) is -0.233. The maximum atomic E-state index is 11.1. The zero-order valence-corrected chi connectivity index (χ0v) is 9.60. The highest BCUT2D eigenvalue weighted by Gasteiger charge is 2.06. The fraction of sp³-hybridized carbons (Fsp3) is 0.364. The molecule has 0 spiro atoms. The number of nitrogens with one attached hydrogen (secondary N) is 1. The highest BCUT2D eigenvalue weighted by molar-refractivity contribution is 6.29. The Morgan fingerprint density at radius 1 is 1.53 bits per heavy atom. The second kappa shape index (κ2) is 5.73. The van der Waals surface area contributed by atoms with E-state index in [4.69, 9.17) is 16.3 Å². The molecule has 0 aliphatic carbocycles. The van der Waals surface area contributed by atoms with Crippen molar-refractivity contribution >= 4 is 23.2 Å². The number of hydrogen-bond acceptors (Lipinski definition) is 2. The van der Waals surface area contributed by atoms with Crippen LogP contribution in [-0.4, -0.2) is 18.9 Å². The molecule has 1 amide bonds. The lowest BCUT2D eigenvalue weighted by atomic mass is 10.1. The molecule has 1 aromatic rings. The molecule has 0 aliphatic heterocycles. The Bertz CT molecular complexity index is 352. The van der Waals surface area contributed by atoms with E-state index >= 15 is 0 Å². The van der Waals surface area contributed by atoms with E-state index in [1.165, 1.54) is 0 Å². The van der Waals surface area contributed by atoms with Gasteiger partial charge in [-0.15, -0.1) is 11.6 Å². The van der Waals surface area contributed by atoms with Crippen LogP contribution in [0.25, 0.3) is 0 Å². The second-order valence-electron chi connectivity index (χ2n) is 3.20. The van der Waals surface area contributed by atoms with Crippen molar-refractivity contribution in [1.82, 2.24) is 0 Å². The number of hydrogen-bond donors (Lipinski definition) is 1. The van der Waals surface area contributed by atoms with E-state index in [9.17, 15) is 4.79 Å². The molecule has 0 radical (unpaired) electrons. The highest BCUT2D eigenvalue weighted by Crippen LogP contribution is 2.19. The predicted octanol–water partition coefficient (Wildman–Crippen LogP) is 2.32. The molecule has 0 saturated heterocycles. The average Bonchev–Trinajstić information content (AvgIpc) is 2.24. The first-order valence-electron chi connectivity index (χ1n) is 4.62. The molecule has 0 aromatic heterocycles. The third-order valence-corrected chi connectivity index (χ3v) is 2.38.